The van der Waals surface area contributed by atoms with Crippen molar-refractivity contribution >= 4 is 10.0 Å². The van der Waals surface area contributed by atoms with E-state index in [-0.39, 0.29) is 10.8 Å². The Balaban J connectivity index is 1.55. The van der Waals surface area contributed by atoms with E-state index in [1.54, 1.807) is 41.0 Å². The summed E-state index contributed by atoms with van der Waals surface area (Å²) >= 11 is 0. The maximum absolute atomic E-state index is 12.8. The lowest BCUT2D eigenvalue weighted by atomic mass is 10.0. The summed E-state index contributed by atoms with van der Waals surface area (Å²) in [6, 6.07) is 6.54. The zero-order chi connectivity index (χ0) is 18.9. The molecular weight excluding hydrogens is 366 g/mol. The molecule has 2 aromatic heterocycles. The fraction of sp³-hybridized carbons (Fsp3) is 0.333. The molecule has 4 rings (SSSR count). The summed E-state index contributed by atoms with van der Waals surface area (Å²) in [5.74, 6) is 1.20. The number of hydrogen-bond donors (Lipinski definition) is 0. The Labute approximate surface area is 157 Å². The van der Waals surface area contributed by atoms with E-state index in [2.05, 4.69) is 27.0 Å². The molecule has 0 radical (unpaired) electrons. The molecule has 8 nitrogen and oxygen atoms in total. The van der Waals surface area contributed by atoms with Crippen LogP contribution in [0.15, 0.2) is 52.3 Å². The van der Waals surface area contributed by atoms with Crippen LogP contribution < -0.4 is 0 Å². The first-order valence-corrected chi connectivity index (χ1v) is 10.2. The summed E-state index contributed by atoms with van der Waals surface area (Å²) in [7, 11) is -3.47. The molecule has 27 heavy (non-hydrogen) atoms. The Morgan fingerprint density at radius 2 is 1.85 bits per heavy atom. The van der Waals surface area contributed by atoms with Crippen LogP contribution in [-0.4, -0.2) is 45.9 Å². The Morgan fingerprint density at radius 3 is 2.52 bits per heavy atom. The molecule has 1 aromatic carbocycles. The van der Waals surface area contributed by atoms with Crippen molar-refractivity contribution in [3.05, 3.63) is 42.9 Å². The van der Waals surface area contributed by atoms with Crippen LogP contribution in [0.25, 0.3) is 23.0 Å². The van der Waals surface area contributed by atoms with E-state index in [1.807, 2.05) is 0 Å². The molecule has 0 N–H and O–H groups in total. The maximum atomic E-state index is 12.8. The molecule has 1 saturated heterocycles. The molecule has 3 heterocycles. The third-order valence-electron chi connectivity index (χ3n) is 4.70. The van der Waals surface area contributed by atoms with Crippen LogP contribution in [-0.2, 0) is 10.0 Å². The van der Waals surface area contributed by atoms with Crippen molar-refractivity contribution in [2.45, 2.75) is 24.7 Å². The fourth-order valence-corrected chi connectivity index (χ4v) is 4.47. The lowest BCUT2D eigenvalue weighted by molar-refractivity contribution is 0.288. The van der Waals surface area contributed by atoms with Crippen molar-refractivity contribution in [1.82, 2.24) is 24.4 Å². The molecule has 1 aliphatic rings. The number of benzene rings is 1. The second-order valence-electron chi connectivity index (χ2n) is 6.62. The second kappa shape index (κ2) is 7.16. The van der Waals surface area contributed by atoms with Gasteiger partial charge in [0, 0.05) is 31.0 Å². The highest BCUT2D eigenvalue weighted by Crippen LogP contribution is 2.26. The molecule has 140 valence electrons. The largest absolute Gasteiger partial charge is 0.332 e. The van der Waals surface area contributed by atoms with Gasteiger partial charge in [0.15, 0.2) is 0 Å². The predicted molar refractivity (Wildman–Crippen MR) is 97.9 cm³/mol. The van der Waals surface area contributed by atoms with Crippen LogP contribution >= 0.6 is 0 Å². The van der Waals surface area contributed by atoms with E-state index in [0.717, 1.165) is 12.8 Å². The van der Waals surface area contributed by atoms with Crippen molar-refractivity contribution in [3.8, 4) is 23.0 Å². The minimum absolute atomic E-state index is 0.261. The number of rotatable bonds is 4. The summed E-state index contributed by atoms with van der Waals surface area (Å²) < 4.78 is 32.4. The molecule has 0 saturated carbocycles. The van der Waals surface area contributed by atoms with Gasteiger partial charge in [-0.05, 0) is 43.0 Å². The molecule has 0 atom stereocenters. The Bertz CT molecular complexity index is 1010. The van der Waals surface area contributed by atoms with E-state index in [9.17, 15) is 8.42 Å². The van der Waals surface area contributed by atoms with Gasteiger partial charge in [0.05, 0.1) is 11.1 Å². The van der Waals surface area contributed by atoms with Gasteiger partial charge in [-0.1, -0.05) is 12.1 Å². The zero-order valence-electron chi connectivity index (χ0n) is 14.8. The first-order valence-electron chi connectivity index (χ1n) is 8.75. The molecule has 0 amide bonds. The van der Waals surface area contributed by atoms with Crippen molar-refractivity contribution < 1.29 is 12.9 Å². The summed E-state index contributed by atoms with van der Waals surface area (Å²) in [5, 5.41) is 3.94. The first kappa shape index (κ1) is 17.7. The fourth-order valence-electron chi connectivity index (χ4n) is 3.00. The number of aromatic nitrogens is 4. The van der Waals surface area contributed by atoms with E-state index in [0.29, 0.717) is 36.1 Å². The normalized spacial score (nSPS) is 16.5. The predicted octanol–water partition coefficient (Wildman–Crippen LogP) is 2.61. The molecule has 3 aromatic rings. The average Bonchev–Trinajstić information content (AvgIpc) is 3.19. The molecule has 0 bridgehead atoms. The van der Waals surface area contributed by atoms with Gasteiger partial charge < -0.3 is 4.52 Å². The summed E-state index contributed by atoms with van der Waals surface area (Å²) in [5.41, 5.74) is 1.15. The third-order valence-corrected chi connectivity index (χ3v) is 6.61. The summed E-state index contributed by atoms with van der Waals surface area (Å²) in [6.45, 7) is 3.29. The van der Waals surface area contributed by atoms with E-state index in [1.165, 1.54) is 6.20 Å². The molecule has 0 aliphatic carbocycles. The Hall–Kier alpha value is -2.65. The van der Waals surface area contributed by atoms with Gasteiger partial charge in [-0.25, -0.2) is 13.4 Å². The number of nitrogens with zero attached hydrogens (tertiary/aromatic N) is 5. The van der Waals surface area contributed by atoms with Crippen molar-refractivity contribution in [2.24, 2.45) is 5.92 Å². The van der Waals surface area contributed by atoms with Crippen LogP contribution in [0.3, 0.4) is 0 Å². The zero-order valence-corrected chi connectivity index (χ0v) is 15.6. The van der Waals surface area contributed by atoms with Crippen LogP contribution in [0, 0.1) is 5.92 Å². The highest BCUT2D eigenvalue weighted by molar-refractivity contribution is 7.89. The van der Waals surface area contributed by atoms with Crippen LogP contribution in [0.2, 0.25) is 0 Å². The smallest absolute Gasteiger partial charge is 0.278 e. The van der Waals surface area contributed by atoms with Gasteiger partial charge in [0.25, 0.3) is 5.89 Å². The van der Waals surface area contributed by atoms with Crippen molar-refractivity contribution in [3.63, 3.8) is 0 Å². The number of hydrogen-bond acceptors (Lipinski definition) is 7. The van der Waals surface area contributed by atoms with Crippen LogP contribution in [0.5, 0.6) is 0 Å². The molecule has 1 fully saturated rings. The topological polar surface area (TPSA) is 102 Å². The third kappa shape index (κ3) is 3.60. The van der Waals surface area contributed by atoms with Crippen molar-refractivity contribution in [2.75, 3.05) is 13.1 Å². The van der Waals surface area contributed by atoms with Crippen LogP contribution in [0.1, 0.15) is 19.8 Å². The molecule has 9 heteroatoms. The second-order valence-corrected chi connectivity index (χ2v) is 8.56. The van der Waals surface area contributed by atoms with Gasteiger partial charge in [0.1, 0.15) is 5.69 Å². The highest BCUT2D eigenvalue weighted by atomic mass is 32.2. The number of sulfonamides is 1. The van der Waals surface area contributed by atoms with Crippen LogP contribution in [0.4, 0.5) is 0 Å². The molecule has 1 aliphatic heterocycles. The van der Waals surface area contributed by atoms with E-state index >= 15 is 0 Å². The van der Waals surface area contributed by atoms with Gasteiger partial charge in [-0.2, -0.15) is 9.29 Å². The van der Waals surface area contributed by atoms with E-state index < -0.39 is 10.0 Å². The van der Waals surface area contributed by atoms with Gasteiger partial charge in [-0.3, -0.25) is 4.98 Å². The maximum Gasteiger partial charge on any atom is 0.278 e. The lowest BCUT2D eigenvalue weighted by Gasteiger charge is -2.29. The highest BCUT2D eigenvalue weighted by Gasteiger charge is 2.28. The standard InChI is InChI=1S/C18H19N5O3S/c1-13-6-10-23(11-7-13)27(24,25)15-4-2-14(3-5-15)17-21-18(26-22-17)16-12-19-8-9-20-16/h2-5,8-9,12-13H,6-7,10-11H2,1H3. The van der Waals surface area contributed by atoms with Crippen molar-refractivity contribution in [1.29, 1.82) is 0 Å². The summed E-state index contributed by atoms with van der Waals surface area (Å²) in [6.07, 6.45) is 6.42. The molecule has 0 unspecified atom stereocenters. The van der Waals surface area contributed by atoms with Gasteiger partial charge >= 0.3 is 0 Å². The minimum atomic E-state index is -3.47. The monoisotopic (exact) mass is 385 g/mol. The minimum Gasteiger partial charge on any atom is -0.332 e. The molecule has 0 spiro atoms. The SMILES string of the molecule is CC1CCN(S(=O)(=O)c2ccc(-c3noc(-c4cnccn4)n3)cc2)CC1. The van der Waals surface area contributed by atoms with Gasteiger partial charge in [0.2, 0.25) is 15.8 Å². The van der Waals surface area contributed by atoms with Gasteiger partial charge in [-0.15, -0.1) is 0 Å². The lowest BCUT2D eigenvalue weighted by Crippen LogP contribution is -2.37. The Morgan fingerprint density at radius 1 is 1.11 bits per heavy atom. The average molecular weight is 385 g/mol. The van der Waals surface area contributed by atoms with E-state index in [4.69, 9.17) is 4.52 Å². The Kier molecular flexibility index (Phi) is 4.71. The quantitative estimate of drug-likeness (QED) is 0.680. The summed E-state index contributed by atoms with van der Waals surface area (Å²) in [4.78, 5) is 12.7. The first-order chi connectivity index (χ1) is 13.0. The number of piperidine rings is 1. The molecular formula is C18H19N5O3S.